The summed E-state index contributed by atoms with van der Waals surface area (Å²) in [4.78, 5) is 2.40. The van der Waals surface area contributed by atoms with Gasteiger partial charge in [0, 0.05) is 49.7 Å². The first-order valence-electron chi connectivity index (χ1n) is 22.8. The number of anilines is 3. The lowest BCUT2D eigenvalue weighted by Crippen LogP contribution is -2.17. The second-order valence-corrected chi connectivity index (χ2v) is 18.1. The molecule has 1 aliphatic rings. The van der Waals surface area contributed by atoms with Crippen LogP contribution in [0.4, 0.5) is 17.1 Å². The van der Waals surface area contributed by atoms with Gasteiger partial charge in [0.25, 0.3) is 0 Å². The van der Waals surface area contributed by atoms with E-state index in [-0.39, 0.29) is 5.41 Å². The van der Waals surface area contributed by atoms with E-state index in [1.165, 1.54) is 77.3 Å². The van der Waals surface area contributed by atoms with Crippen LogP contribution in [-0.2, 0) is 5.41 Å². The van der Waals surface area contributed by atoms with Gasteiger partial charge in [-0.3, -0.25) is 0 Å². The van der Waals surface area contributed by atoms with Crippen molar-refractivity contribution in [3.05, 3.63) is 242 Å². The molecule has 0 saturated heterocycles. The summed E-state index contributed by atoms with van der Waals surface area (Å²) in [5.74, 6) is 0. The SMILES string of the molecule is CC1(C)c2cc(N(c3ccc(-c4ccccc4)cc3)c3ccc(-c4ccc(-n5c6ccccc6c6c7c(ccc65)oc5ccccc57)cc4)cc3)ccc2-c2cccc(-c3ccccc3)c21. The Labute approximate surface area is 384 Å². The number of nitrogens with zero attached hydrogens (tertiary/aromatic N) is 2. The lowest BCUT2D eigenvalue weighted by Gasteiger charge is -2.29. The van der Waals surface area contributed by atoms with Gasteiger partial charge in [0.15, 0.2) is 0 Å². The molecule has 0 amide bonds. The minimum absolute atomic E-state index is 0.203. The Balaban J connectivity index is 0.881. The van der Waals surface area contributed by atoms with Crippen molar-refractivity contribution in [1.29, 1.82) is 0 Å². The second kappa shape index (κ2) is 14.8. The van der Waals surface area contributed by atoms with E-state index in [0.717, 1.165) is 44.9 Å². The summed E-state index contributed by atoms with van der Waals surface area (Å²) in [6.07, 6.45) is 0. The van der Waals surface area contributed by atoms with Crippen LogP contribution < -0.4 is 4.90 Å². The van der Waals surface area contributed by atoms with Crippen LogP contribution in [0.25, 0.3) is 93.9 Å². The highest BCUT2D eigenvalue weighted by atomic mass is 16.3. The molecule has 0 N–H and O–H groups in total. The maximum atomic E-state index is 6.33. The molecule has 0 radical (unpaired) electrons. The van der Waals surface area contributed by atoms with Gasteiger partial charge in [-0.05, 0) is 128 Å². The van der Waals surface area contributed by atoms with Crippen molar-refractivity contribution in [3.8, 4) is 50.2 Å². The van der Waals surface area contributed by atoms with Crippen LogP contribution in [-0.4, -0.2) is 4.57 Å². The zero-order chi connectivity index (χ0) is 43.9. The van der Waals surface area contributed by atoms with Gasteiger partial charge in [-0.25, -0.2) is 0 Å². The van der Waals surface area contributed by atoms with Crippen molar-refractivity contribution in [3.63, 3.8) is 0 Å². The number of rotatable bonds is 7. The Bertz CT molecular complexity index is 3800. The summed E-state index contributed by atoms with van der Waals surface area (Å²) in [5, 5.41) is 4.75. The highest BCUT2D eigenvalue weighted by molar-refractivity contribution is 6.27. The molecule has 0 unspecified atom stereocenters. The summed E-state index contributed by atoms with van der Waals surface area (Å²) < 4.78 is 8.71. The Kier molecular flexibility index (Phi) is 8.56. The van der Waals surface area contributed by atoms with Gasteiger partial charge < -0.3 is 13.9 Å². The third-order valence-corrected chi connectivity index (χ3v) is 14.0. The first-order chi connectivity index (χ1) is 32.5. The van der Waals surface area contributed by atoms with E-state index in [1.807, 2.05) is 6.07 Å². The molecule has 3 heteroatoms. The van der Waals surface area contributed by atoms with Crippen molar-refractivity contribution in [2.75, 3.05) is 4.90 Å². The quantitative estimate of drug-likeness (QED) is 0.159. The summed E-state index contributed by atoms with van der Waals surface area (Å²) in [7, 11) is 0. The lowest BCUT2D eigenvalue weighted by atomic mass is 9.78. The average Bonchev–Trinajstić information content (AvgIpc) is 4.00. The molecule has 0 fully saturated rings. The molecule has 0 spiro atoms. The van der Waals surface area contributed by atoms with Crippen molar-refractivity contribution in [2.45, 2.75) is 19.3 Å². The van der Waals surface area contributed by atoms with Crippen molar-refractivity contribution in [1.82, 2.24) is 4.57 Å². The van der Waals surface area contributed by atoms with E-state index < -0.39 is 0 Å². The first-order valence-corrected chi connectivity index (χ1v) is 22.8. The number of furan rings is 1. The van der Waals surface area contributed by atoms with E-state index in [1.54, 1.807) is 0 Å². The third kappa shape index (κ3) is 5.90. The van der Waals surface area contributed by atoms with Gasteiger partial charge in [-0.15, -0.1) is 0 Å². The standard InChI is InChI=1S/C63H44N2O/c1-63(2)55-40-49(36-37-51(55)52-21-13-20-50(62(52)63)45-16-7-4-8-17-45)64(46-30-24-42(25-31-46)41-14-5-3-6-15-41)47-32-26-43(27-33-47)44-28-34-48(35-29-44)65-56-22-11-9-18-53(56)60-57(65)38-39-59-61(60)54-19-10-12-23-58(54)66-59/h3-40H,1-2H3. The van der Waals surface area contributed by atoms with Crippen LogP contribution >= 0.6 is 0 Å². The van der Waals surface area contributed by atoms with Gasteiger partial charge in [-0.2, -0.15) is 0 Å². The molecule has 3 nitrogen and oxygen atoms in total. The molecular formula is C63H44N2O. The maximum absolute atomic E-state index is 6.33. The third-order valence-electron chi connectivity index (χ3n) is 14.0. The highest BCUT2D eigenvalue weighted by Gasteiger charge is 2.38. The van der Waals surface area contributed by atoms with E-state index in [2.05, 4.69) is 248 Å². The molecule has 0 bridgehead atoms. The van der Waals surface area contributed by atoms with Crippen molar-refractivity contribution < 1.29 is 4.42 Å². The Morgan fingerprint density at radius 3 is 1.64 bits per heavy atom. The zero-order valence-corrected chi connectivity index (χ0v) is 36.7. The van der Waals surface area contributed by atoms with Gasteiger partial charge in [0.2, 0.25) is 0 Å². The Morgan fingerprint density at radius 2 is 0.939 bits per heavy atom. The van der Waals surface area contributed by atoms with Gasteiger partial charge in [0.05, 0.1) is 11.0 Å². The average molecular weight is 845 g/mol. The number of hydrogen-bond acceptors (Lipinski definition) is 2. The number of hydrogen-bond donors (Lipinski definition) is 0. The van der Waals surface area contributed by atoms with Gasteiger partial charge >= 0.3 is 0 Å². The Morgan fingerprint density at radius 1 is 0.379 bits per heavy atom. The maximum Gasteiger partial charge on any atom is 0.136 e. The summed E-state index contributed by atoms with van der Waals surface area (Å²) >= 11 is 0. The lowest BCUT2D eigenvalue weighted by molar-refractivity contribution is 0.662. The molecule has 66 heavy (non-hydrogen) atoms. The molecule has 312 valence electrons. The van der Waals surface area contributed by atoms with E-state index in [9.17, 15) is 0 Å². The van der Waals surface area contributed by atoms with Crippen LogP contribution in [0.3, 0.4) is 0 Å². The fourth-order valence-electron chi connectivity index (χ4n) is 10.9. The molecule has 10 aromatic carbocycles. The highest BCUT2D eigenvalue weighted by Crippen LogP contribution is 2.54. The number of aromatic nitrogens is 1. The van der Waals surface area contributed by atoms with E-state index >= 15 is 0 Å². The molecular weight excluding hydrogens is 801 g/mol. The molecule has 12 aromatic rings. The minimum Gasteiger partial charge on any atom is -0.456 e. The summed E-state index contributed by atoms with van der Waals surface area (Å²) in [5.41, 5.74) is 21.1. The fraction of sp³-hybridized carbons (Fsp3) is 0.0476. The van der Waals surface area contributed by atoms with Crippen molar-refractivity contribution in [2.24, 2.45) is 0 Å². The number of fused-ring (bicyclic) bond motifs is 10. The monoisotopic (exact) mass is 844 g/mol. The van der Waals surface area contributed by atoms with Crippen LogP contribution in [0.1, 0.15) is 25.0 Å². The predicted octanol–water partition coefficient (Wildman–Crippen LogP) is 17.5. The predicted molar refractivity (Wildman–Crippen MR) is 277 cm³/mol. The smallest absolute Gasteiger partial charge is 0.136 e. The van der Waals surface area contributed by atoms with Crippen LogP contribution in [0.15, 0.2) is 235 Å². The number of benzene rings is 10. The first kappa shape index (κ1) is 38.1. The van der Waals surface area contributed by atoms with Crippen molar-refractivity contribution >= 4 is 60.8 Å². The normalized spacial score (nSPS) is 12.8. The molecule has 2 heterocycles. The zero-order valence-electron chi connectivity index (χ0n) is 36.7. The molecule has 0 saturated carbocycles. The molecule has 0 atom stereocenters. The molecule has 2 aromatic heterocycles. The summed E-state index contributed by atoms with van der Waals surface area (Å²) in [6, 6.07) is 83.7. The van der Waals surface area contributed by atoms with Crippen LogP contribution in [0, 0.1) is 0 Å². The second-order valence-electron chi connectivity index (χ2n) is 18.1. The fourth-order valence-corrected chi connectivity index (χ4v) is 10.9. The van der Waals surface area contributed by atoms with E-state index in [0.29, 0.717) is 0 Å². The van der Waals surface area contributed by atoms with Gasteiger partial charge in [0.1, 0.15) is 11.2 Å². The Hall–Kier alpha value is -8.40. The summed E-state index contributed by atoms with van der Waals surface area (Å²) in [6.45, 7) is 4.77. The minimum atomic E-state index is -0.203. The van der Waals surface area contributed by atoms with Crippen LogP contribution in [0.2, 0.25) is 0 Å². The molecule has 0 aliphatic heterocycles. The van der Waals surface area contributed by atoms with E-state index in [4.69, 9.17) is 4.42 Å². The van der Waals surface area contributed by atoms with Gasteiger partial charge in [-0.1, -0.05) is 172 Å². The molecule has 1 aliphatic carbocycles. The molecule has 13 rings (SSSR count). The topological polar surface area (TPSA) is 21.3 Å². The van der Waals surface area contributed by atoms with Crippen LogP contribution in [0.5, 0.6) is 0 Å². The largest absolute Gasteiger partial charge is 0.456 e. The number of para-hydroxylation sites is 2.